The first-order valence-electron chi connectivity index (χ1n) is 4.71. The molecule has 1 aliphatic carbocycles. The van der Waals surface area contributed by atoms with E-state index in [-0.39, 0.29) is 0 Å². The van der Waals surface area contributed by atoms with Gasteiger partial charge in [0.25, 0.3) is 0 Å². The lowest BCUT2D eigenvalue weighted by Gasteiger charge is -2.26. The molecule has 2 rings (SSSR count). The summed E-state index contributed by atoms with van der Waals surface area (Å²) in [7, 11) is 2.25. The fourth-order valence-electron chi connectivity index (χ4n) is 2.76. The second-order valence-electron chi connectivity index (χ2n) is 4.16. The summed E-state index contributed by atoms with van der Waals surface area (Å²) in [5.41, 5.74) is 5.71. The molecule has 1 saturated carbocycles. The average molecular weight is 154 g/mol. The first-order valence-corrected chi connectivity index (χ1v) is 4.71. The van der Waals surface area contributed by atoms with Crippen molar-refractivity contribution in [1.29, 1.82) is 0 Å². The lowest BCUT2D eigenvalue weighted by atomic mass is 9.80. The van der Waals surface area contributed by atoms with E-state index < -0.39 is 0 Å². The largest absolute Gasteiger partial charge is 0.330 e. The van der Waals surface area contributed by atoms with Crippen molar-refractivity contribution in [1.82, 2.24) is 4.90 Å². The van der Waals surface area contributed by atoms with E-state index in [0.29, 0.717) is 0 Å². The van der Waals surface area contributed by atoms with Crippen LogP contribution in [-0.4, -0.2) is 31.1 Å². The molecule has 3 unspecified atom stereocenters. The van der Waals surface area contributed by atoms with Gasteiger partial charge in [-0.15, -0.1) is 0 Å². The van der Waals surface area contributed by atoms with Gasteiger partial charge in [0.1, 0.15) is 0 Å². The van der Waals surface area contributed by atoms with Gasteiger partial charge >= 0.3 is 0 Å². The molecule has 0 radical (unpaired) electrons. The van der Waals surface area contributed by atoms with Gasteiger partial charge in [-0.2, -0.15) is 0 Å². The van der Waals surface area contributed by atoms with Gasteiger partial charge in [0.2, 0.25) is 0 Å². The van der Waals surface area contributed by atoms with E-state index in [2.05, 4.69) is 11.9 Å². The van der Waals surface area contributed by atoms with E-state index in [0.717, 1.165) is 24.4 Å². The highest BCUT2D eigenvalue weighted by Gasteiger charge is 2.37. The molecule has 0 spiro atoms. The Balaban J connectivity index is 2.03. The fourth-order valence-corrected chi connectivity index (χ4v) is 2.76. The third-order valence-corrected chi connectivity index (χ3v) is 3.56. The Kier molecular flexibility index (Phi) is 1.90. The van der Waals surface area contributed by atoms with Gasteiger partial charge in [-0.3, -0.25) is 0 Å². The van der Waals surface area contributed by atoms with E-state index in [1.54, 1.807) is 0 Å². The maximum absolute atomic E-state index is 5.71. The smallest absolute Gasteiger partial charge is 0.00956 e. The van der Waals surface area contributed by atoms with Crippen LogP contribution in [0.15, 0.2) is 0 Å². The molecule has 1 heterocycles. The highest BCUT2D eigenvalue weighted by atomic mass is 15.2. The number of nitrogens with zero attached hydrogens (tertiary/aromatic N) is 1. The van der Waals surface area contributed by atoms with E-state index in [9.17, 15) is 0 Å². The molecular weight excluding hydrogens is 136 g/mol. The molecule has 0 aromatic heterocycles. The molecule has 3 atom stereocenters. The molecule has 1 aliphatic heterocycles. The summed E-state index contributed by atoms with van der Waals surface area (Å²) in [6.07, 6.45) is 4.17. The zero-order chi connectivity index (χ0) is 7.84. The van der Waals surface area contributed by atoms with Gasteiger partial charge in [-0.05, 0) is 44.7 Å². The Bertz CT molecular complexity index is 144. The van der Waals surface area contributed by atoms with Crippen molar-refractivity contribution >= 4 is 0 Å². The number of hydrogen-bond acceptors (Lipinski definition) is 2. The average Bonchev–Trinajstić information content (AvgIpc) is 2.30. The summed E-state index contributed by atoms with van der Waals surface area (Å²) in [4.78, 5) is 2.51. The first kappa shape index (κ1) is 7.56. The van der Waals surface area contributed by atoms with E-state index in [1.807, 2.05) is 0 Å². The molecule has 1 saturated heterocycles. The van der Waals surface area contributed by atoms with Crippen LogP contribution in [0.25, 0.3) is 0 Å². The Morgan fingerprint density at radius 3 is 3.00 bits per heavy atom. The maximum Gasteiger partial charge on any atom is 0.00956 e. The molecule has 0 amide bonds. The fraction of sp³-hybridized carbons (Fsp3) is 1.00. The van der Waals surface area contributed by atoms with Crippen LogP contribution in [0.5, 0.6) is 0 Å². The van der Waals surface area contributed by atoms with Crippen LogP contribution in [-0.2, 0) is 0 Å². The summed E-state index contributed by atoms with van der Waals surface area (Å²) in [6, 6.07) is 0.891. The lowest BCUT2D eigenvalue weighted by molar-refractivity contribution is 0.265. The zero-order valence-electron chi connectivity index (χ0n) is 7.29. The zero-order valence-corrected chi connectivity index (χ0v) is 7.29. The molecule has 2 bridgehead atoms. The molecule has 0 aromatic carbocycles. The lowest BCUT2D eigenvalue weighted by Crippen LogP contribution is -2.28. The molecule has 2 aliphatic rings. The second kappa shape index (κ2) is 2.76. The molecule has 2 heteroatoms. The summed E-state index contributed by atoms with van der Waals surface area (Å²) < 4.78 is 0. The molecule has 11 heavy (non-hydrogen) atoms. The van der Waals surface area contributed by atoms with Crippen LogP contribution in [0.1, 0.15) is 19.3 Å². The van der Waals surface area contributed by atoms with E-state index in [4.69, 9.17) is 5.73 Å². The number of fused-ring (bicyclic) bond motifs is 2. The summed E-state index contributed by atoms with van der Waals surface area (Å²) in [6.45, 7) is 2.21. The number of hydrogen-bond donors (Lipinski definition) is 1. The van der Waals surface area contributed by atoms with Crippen LogP contribution in [0.3, 0.4) is 0 Å². The van der Waals surface area contributed by atoms with Crippen molar-refractivity contribution in [3.05, 3.63) is 0 Å². The number of nitrogens with two attached hydrogens (primary N) is 1. The monoisotopic (exact) mass is 154 g/mol. The normalized spacial score (nSPS) is 44.7. The van der Waals surface area contributed by atoms with Crippen LogP contribution < -0.4 is 5.73 Å². The highest BCUT2D eigenvalue weighted by molar-refractivity contribution is 4.92. The van der Waals surface area contributed by atoms with E-state index in [1.165, 1.54) is 25.8 Å². The van der Waals surface area contributed by atoms with Crippen LogP contribution in [0, 0.1) is 11.8 Å². The topological polar surface area (TPSA) is 29.3 Å². The molecule has 2 fully saturated rings. The van der Waals surface area contributed by atoms with Gasteiger partial charge in [0, 0.05) is 12.6 Å². The quantitative estimate of drug-likeness (QED) is 0.601. The number of likely N-dealkylation sites (tertiary alicyclic amines) is 1. The SMILES string of the molecule is CN1CC2CC1CCC2CN. The standard InChI is InChI=1S/C9H18N2/c1-11-6-8-4-9(11)3-2-7(8)5-10/h7-9H,2-6,10H2,1H3. The molecule has 2 nitrogen and oxygen atoms in total. The van der Waals surface area contributed by atoms with E-state index >= 15 is 0 Å². The third kappa shape index (κ3) is 1.18. The molecule has 0 aromatic rings. The molecule has 2 N–H and O–H groups in total. The predicted molar refractivity (Wildman–Crippen MR) is 46.3 cm³/mol. The van der Waals surface area contributed by atoms with Crippen molar-refractivity contribution in [3.63, 3.8) is 0 Å². The summed E-state index contributed by atoms with van der Waals surface area (Å²) in [5.74, 6) is 1.75. The van der Waals surface area contributed by atoms with Crippen LogP contribution >= 0.6 is 0 Å². The Morgan fingerprint density at radius 1 is 1.45 bits per heavy atom. The van der Waals surface area contributed by atoms with Crippen molar-refractivity contribution < 1.29 is 0 Å². The van der Waals surface area contributed by atoms with Gasteiger partial charge in [-0.25, -0.2) is 0 Å². The predicted octanol–water partition coefficient (Wildman–Crippen LogP) is 0.675. The number of rotatable bonds is 1. The van der Waals surface area contributed by atoms with Crippen LogP contribution in [0.2, 0.25) is 0 Å². The summed E-state index contributed by atoms with van der Waals surface area (Å²) >= 11 is 0. The first-order chi connectivity index (χ1) is 5.31. The summed E-state index contributed by atoms with van der Waals surface area (Å²) in [5, 5.41) is 0. The highest BCUT2D eigenvalue weighted by Crippen LogP contribution is 2.37. The van der Waals surface area contributed by atoms with Crippen molar-refractivity contribution in [2.75, 3.05) is 20.1 Å². The molecule has 64 valence electrons. The second-order valence-corrected chi connectivity index (χ2v) is 4.16. The van der Waals surface area contributed by atoms with Gasteiger partial charge < -0.3 is 10.6 Å². The Labute approximate surface area is 68.7 Å². The van der Waals surface area contributed by atoms with Crippen molar-refractivity contribution in [2.45, 2.75) is 25.3 Å². The third-order valence-electron chi connectivity index (χ3n) is 3.56. The van der Waals surface area contributed by atoms with Crippen LogP contribution in [0.4, 0.5) is 0 Å². The van der Waals surface area contributed by atoms with Crippen molar-refractivity contribution in [2.24, 2.45) is 17.6 Å². The minimum absolute atomic E-state index is 0.830. The minimum atomic E-state index is 0.830. The Hall–Kier alpha value is -0.0800. The van der Waals surface area contributed by atoms with Gasteiger partial charge in [-0.1, -0.05) is 0 Å². The maximum atomic E-state index is 5.71. The van der Waals surface area contributed by atoms with Gasteiger partial charge in [0.15, 0.2) is 0 Å². The molecular formula is C9H18N2. The Morgan fingerprint density at radius 2 is 2.27 bits per heavy atom. The van der Waals surface area contributed by atoms with Gasteiger partial charge in [0.05, 0.1) is 0 Å². The minimum Gasteiger partial charge on any atom is -0.330 e. The van der Waals surface area contributed by atoms with Crippen molar-refractivity contribution in [3.8, 4) is 0 Å².